The molecule has 0 radical (unpaired) electrons. The highest BCUT2D eigenvalue weighted by atomic mass is 79.9. The van der Waals surface area contributed by atoms with Crippen molar-refractivity contribution in [2.24, 2.45) is 11.8 Å². The summed E-state index contributed by atoms with van der Waals surface area (Å²) in [5.41, 5.74) is 9.24. The van der Waals surface area contributed by atoms with E-state index in [1.165, 1.54) is 22.3 Å². The summed E-state index contributed by atoms with van der Waals surface area (Å²) in [6, 6.07) is 28.4. The lowest BCUT2D eigenvalue weighted by Crippen LogP contribution is -2.31. The maximum Gasteiger partial charge on any atom is 0.141 e. The van der Waals surface area contributed by atoms with Crippen molar-refractivity contribution >= 4 is 31.9 Å². The van der Waals surface area contributed by atoms with Gasteiger partial charge < -0.3 is 5.11 Å². The van der Waals surface area contributed by atoms with Crippen molar-refractivity contribution in [1.82, 2.24) is 0 Å². The Hall–Kier alpha value is -2.20. The molecule has 6 rings (SSSR count). The molecule has 2 aliphatic rings. The Morgan fingerprint density at radius 1 is 0.615 bits per heavy atom. The molecule has 0 aromatic heterocycles. The highest BCUT2D eigenvalue weighted by Crippen LogP contribution is 2.58. The molecule has 0 amide bonds. The second kappa shape index (κ2) is 10.0. The first-order valence-electron chi connectivity index (χ1n) is 14.3. The van der Waals surface area contributed by atoms with Gasteiger partial charge in [0.05, 0.1) is 0 Å². The lowest BCUT2D eigenvalue weighted by Gasteiger charge is -2.37. The Labute approximate surface area is 249 Å². The van der Waals surface area contributed by atoms with Crippen molar-refractivity contribution in [1.29, 1.82) is 0 Å². The van der Waals surface area contributed by atoms with Gasteiger partial charge in [0.2, 0.25) is 0 Å². The molecule has 39 heavy (non-hydrogen) atoms. The van der Waals surface area contributed by atoms with E-state index in [0.717, 1.165) is 62.4 Å². The first-order valence-corrected chi connectivity index (χ1v) is 15.9. The van der Waals surface area contributed by atoms with Gasteiger partial charge in [-0.15, -0.1) is 0 Å². The van der Waals surface area contributed by atoms with Gasteiger partial charge in [0.1, 0.15) is 5.60 Å². The monoisotopic (exact) mass is 642 g/mol. The number of hydrogen-bond donors (Lipinski definition) is 1. The maximum absolute atomic E-state index is 12.8. The first kappa shape index (κ1) is 27.0. The number of hydrogen-bond acceptors (Lipinski definition) is 1. The van der Waals surface area contributed by atoms with Gasteiger partial charge in [0.25, 0.3) is 0 Å². The summed E-state index contributed by atoms with van der Waals surface area (Å²) < 4.78 is 1.95. The second-order valence-electron chi connectivity index (χ2n) is 11.9. The summed E-state index contributed by atoms with van der Waals surface area (Å²) >= 11 is 7.37. The predicted molar refractivity (Wildman–Crippen MR) is 170 cm³/mol. The van der Waals surface area contributed by atoms with Crippen molar-refractivity contribution in [2.75, 3.05) is 0 Å². The summed E-state index contributed by atoms with van der Waals surface area (Å²) in [7, 11) is 0. The smallest absolute Gasteiger partial charge is 0.141 e. The zero-order chi connectivity index (χ0) is 27.5. The molecule has 1 N–H and O–H groups in total. The normalized spacial score (nSPS) is 19.7. The van der Waals surface area contributed by atoms with Gasteiger partial charge in [-0.05, 0) is 87.9 Å². The predicted octanol–water partition coefficient (Wildman–Crippen LogP) is 10.6. The Bertz CT molecular complexity index is 1510. The topological polar surface area (TPSA) is 20.2 Å². The van der Waals surface area contributed by atoms with Gasteiger partial charge >= 0.3 is 0 Å². The lowest BCUT2D eigenvalue weighted by molar-refractivity contribution is 0.130. The number of aliphatic hydroxyl groups is 1. The molecule has 0 spiro atoms. The number of fused-ring (bicyclic) bond motifs is 6. The molecule has 0 bridgehead atoms. The average molecular weight is 644 g/mol. The van der Waals surface area contributed by atoms with E-state index in [0.29, 0.717) is 11.8 Å². The van der Waals surface area contributed by atoms with Crippen LogP contribution in [0.25, 0.3) is 22.3 Å². The van der Waals surface area contributed by atoms with Crippen molar-refractivity contribution in [3.05, 3.63) is 116 Å². The molecule has 2 aliphatic carbocycles. The SMILES string of the molecule is CCC(C)CC1(CC(C)CC)c2ccccc2-c2ccc(C3(O)c4cc(Br)ccc4-c4ccc(Br)cc43)cc21. The third-order valence-corrected chi connectivity index (χ3v) is 10.5. The fraction of sp³-hybridized carbons (Fsp3) is 0.333. The number of rotatable bonds is 7. The molecule has 1 nitrogen and oxygen atoms in total. The van der Waals surface area contributed by atoms with Crippen LogP contribution >= 0.6 is 31.9 Å². The molecule has 200 valence electrons. The maximum atomic E-state index is 12.8. The second-order valence-corrected chi connectivity index (χ2v) is 13.7. The van der Waals surface area contributed by atoms with Crippen LogP contribution in [0.2, 0.25) is 0 Å². The Kier molecular flexibility index (Phi) is 6.93. The zero-order valence-electron chi connectivity index (χ0n) is 23.2. The first-order chi connectivity index (χ1) is 18.7. The minimum Gasteiger partial charge on any atom is -0.376 e. The molecule has 3 heteroatoms. The molecule has 2 unspecified atom stereocenters. The molecule has 2 atom stereocenters. The van der Waals surface area contributed by atoms with E-state index < -0.39 is 5.60 Å². The van der Waals surface area contributed by atoms with Crippen LogP contribution in [0, 0.1) is 11.8 Å². The number of halogens is 2. The van der Waals surface area contributed by atoms with E-state index in [1.54, 1.807) is 0 Å². The van der Waals surface area contributed by atoms with E-state index in [-0.39, 0.29) is 5.41 Å². The summed E-state index contributed by atoms with van der Waals surface area (Å²) in [6.45, 7) is 9.42. The molecule has 4 aromatic rings. The van der Waals surface area contributed by atoms with Crippen LogP contribution in [0.3, 0.4) is 0 Å². The van der Waals surface area contributed by atoms with Crippen molar-refractivity contribution in [3.63, 3.8) is 0 Å². The van der Waals surface area contributed by atoms with Gasteiger partial charge in [-0.3, -0.25) is 0 Å². The third kappa shape index (κ3) is 4.11. The third-order valence-electron chi connectivity index (χ3n) is 9.51. The number of benzene rings is 4. The lowest BCUT2D eigenvalue weighted by atomic mass is 9.66. The molecular formula is C36H36Br2O. The molecule has 0 heterocycles. The van der Waals surface area contributed by atoms with E-state index >= 15 is 0 Å². The largest absolute Gasteiger partial charge is 0.376 e. The summed E-state index contributed by atoms with van der Waals surface area (Å²) in [6.07, 6.45) is 4.55. The standard InChI is InChI=1S/C36H36Br2O/c1-5-22(3)20-35(21-23(4)6-2)31-10-8-7-9-27(31)28-14-11-24(17-32(28)35)36(39)33-18-25(37)12-15-29(33)30-16-13-26(38)19-34(30)36/h7-19,22-23,39H,5-6,20-21H2,1-4H3. The Balaban J connectivity index is 1.63. The molecule has 0 fully saturated rings. The molecule has 4 aromatic carbocycles. The molecule has 0 saturated heterocycles. The van der Waals surface area contributed by atoms with E-state index in [9.17, 15) is 5.11 Å². The summed E-state index contributed by atoms with van der Waals surface area (Å²) in [5.74, 6) is 1.19. The van der Waals surface area contributed by atoms with Gasteiger partial charge in [-0.25, -0.2) is 0 Å². The highest BCUT2D eigenvalue weighted by Gasteiger charge is 2.48. The Morgan fingerprint density at radius 3 is 1.67 bits per heavy atom. The van der Waals surface area contributed by atoms with Crippen LogP contribution in [0.1, 0.15) is 81.2 Å². The van der Waals surface area contributed by atoms with Crippen molar-refractivity contribution in [2.45, 2.75) is 64.4 Å². The fourth-order valence-corrected chi connectivity index (χ4v) is 7.96. The Morgan fingerprint density at radius 2 is 1.10 bits per heavy atom. The van der Waals surface area contributed by atoms with Gasteiger partial charge in [0.15, 0.2) is 0 Å². The average Bonchev–Trinajstić information content (AvgIpc) is 3.35. The van der Waals surface area contributed by atoms with Crippen LogP contribution in [-0.4, -0.2) is 5.11 Å². The summed E-state index contributed by atoms with van der Waals surface area (Å²) in [5, 5.41) is 12.8. The van der Waals surface area contributed by atoms with Gasteiger partial charge in [-0.2, -0.15) is 0 Å². The van der Waals surface area contributed by atoms with Crippen LogP contribution in [-0.2, 0) is 11.0 Å². The molecular weight excluding hydrogens is 608 g/mol. The van der Waals surface area contributed by atoms with Crippen LogP contribution in [0.5, 0.6) is 0 Å². The van der Waals surface area contributed by atoms with Crippen LogP contribution in [0.4, 0.5) is 0 Å². The van der Waals surface area contributed by atoms with Crippen molar-refractivity contribution < 1.29 is 5.11 Å². The minimum absolute atomic E-state index is 0.0675. The van der Waals surface area contributed by atoms with E-state index in [2.05, 4.69) is 138 Å². The quantitative estimate of drug-likeness (QED) is 0.212. The van der Waals surface area contributed by atoms with E-state index in [4.69, 9.17) is 0 Å². The summed E-state index contributed by atoms with van der Waals surface area (Å²) in [4.78, 5) is 0. The fourth-order valence-electron chi connectivity index (χ4n) is 7.24. The van der Waals surface area contributed by atoms with Gasteiger partial charge in [-0.1, -0.05) is 127 Å². The molecule has 0 aliphatic heterocycles. The minimum atomic E-state index is -1.24. The van der Waals surface area contributed by atoms with E-state index in [1.807, 2.05) is 0 Å². The molecule has 0 saturated carbocycles. The van der Waals surface area contributed by atoms with Gasteiger partial charge in [0, 0.05) is 25.5 Å². The van der Waals surface area contributed by atoms with Crippen LogP contribution in [0.15, 0.2) is 87.8 Å². The highest BCUT2D eigenvalue weighted by molar-refractivity contribution is 9.10. The van der Waals surface area contributed by atoms with Crippen molar-refractivity contribution in [3.8, 4) is 22.3 Å². The zero-order valence-corrected chi connectivity index (χ0v) is 26.4. The van der Waals surface area contributed by atoms with Crippen LogP contribution < -0.4 is 0 Å².